The lowest BCUT2D eigenvalue weighted by Crippen LogP contribution is -1.84. The molecule has 0 N–H and O–H groups in total. The van der Waals surface area contributed by atoms with Crippen LogP contribution in [0.1, 0.15) is 10.4 Å². The van der Waals surface area contributed by atoms with Crippen molar-refractivity contribution >= 4 is 17.6 Å². The summed E-state index contributed by atoms with van der Waals surface area (Å²) >= 11 is 1.41. The zero-order valence-electron chi connectivity index (χ0n) is 7.21. The van der Waals surface area contributed by atoms with Crippen LogP contribution in [0.25, 0.3) is 0 Å². The molecule has 0 unspecified atom stereocenters. The third kappa shape index (κ3) is 1.97. The quantitative estimate of drug-likeness (QED) is 0.723. The second kappa shape index (κ2) is 4.02. The lowest BCUT2D eigenvalue weighted by molar-refractivity contribution is 0.112. The summed E-state index contributed by atoms with van der Waals surface area (Å²) in [4.78, 5) is 14.5. The van der Waals surface area contributed by atoms with Gasteiger partial charge in [-0.15, -0.1) is 0 Å². The molecule has 70 valence electrons. The second-order valence-electron chi connectivity index (χ2n) is 2.59. The number of benzene rings is 1. The van der Waals surface area contributed by atoms with Gasteiger partial charge >= 0.3 is 0 Å². The van der Waals surface area contributed by atoms with Crippen molar-refractivity contribution in [2.75, 3.05) is 0 Å². The van der Waals surface area contributed by atoms with Crippen LogP contribution >= 0.6 is 11.3 Å². The van der Waals surface area contributed by atoms with E-state index in [-0.39, 0.29) is 0 Å². The standard InChI is InChI=1S/C10H7NO2S/c12-7-8-2-1-3-9(6-8)13-10-11-4-5-14-10/h1-7H. The first-order valence-electron chi connectivity index (χ1n) is 4.01. The van der Waals surface area contributed by atoms with Crippen LogP contribution in [0.2, 0.25) is 0 Å². The van der Waals surface area contributed by atoms with Crippen LogP contribution in [0.3, 0.4) is 0 Å². The summed E-state index contributed by atoms with van der Waals surface area (Å²) in [6, 6.07) is 6.96. The van der Waals surface area contributed by atoms with E-state index in [0.717, 1.165) is 6.29 Å². The van der Waals surface area contributed by atoms with E-state index in [0.29, 0.717) is 16.5 Å². The number of rotatable bonds is 3. The third-order valence-corrected chi connectivity index (χ3v) is 2.26. The van der Waals surface area contributed by atoms with E-state index in [1.807, 2.05) is 5.38 Å². The molecule has 1 aromatic carbocycles. The number of ether oxygens (including phenoxy) is 1. The van der Waals surface area contributed by atoms with Gasteiger partial charge in [-0.3, -0.25) is 4.79 Å². The van der Waals surface area contributed by atoms with Gasteiger partial charge in [-0.2, -0.15) is 0 Å². The van der Waals surface area contributed by atoms with Crippen LogP contribution < -0.4 is 4.74 Å². The average Bonchev–Trinajstić information content (AvgIpc) is 2.71. The molecule has 1 heterocycles. The maximum absolute atomic E-state index is 10.5. The Hall–Kier alpha value is -1.68. The predicted molar refractivity (Wildman–Crippen MR) is 54.0 cm³/mol. The molecule has 0 aliphatic rings. The van der Waals surface area contributed by atoms with E-state index in [9.17, 15) is 4.79 Å². The van der Waals surface area contributed by atoms with Crippen LogP contribution in [-0.2, 0) is 0 Å². The first-order chi connectivity index (χ1) is 6.88. The summed E-state index contributed by atoms with van der Waals surface area (Å²) in [7, 11) is 0. The average molecular weight is 205 g/mol. The van der Waals surface area contributed by atoms with Crippen molar-refractivity contribution in [2.24, 2.45) is 0 Å². The summed E-state index contributed by atoms with van der Waals surface area (Å²) in [6.07, 6.45) is 2.46. The normalized spacial score (nSPS) is 9.71. The van der Waals surface area contributed by atoms with E-state index in [4.69, 9.17) is 4.74 Å². The summed E-state index contributed by atoms with van der Waals surface area (Å²) in [5, 5.41) is 2.41. The number of hydrogen-bond acceptors (Lipinski definition) is 4. The van der Waals surface area contributed by atoms with Gasteiger partial charge in [0.25, 0.3) is 5.19 Å². The highest BCUT2D eigenvalue weighted by Crippen LogP contribution is 2.23. The number of hydrogen-bond donors (Lipinski definition) is 0. The topological polar surface area (TPSA) is 39.2 Å². The van der Waals surface area contributed by atoms with E-state index >= 15 is 0 Å². The van der Waals surface area contributed by atoms with E-state index < -0.39 is 0 Å². The number of thiazole rings is 1. The second-order valence-corrected chi connectivity index (χ2v) is 3.45. The van der Waals surface area contributed by atoms with Crippen molar-refractivity contribution in [3.8, 4) is 10.9 Å². The van der Waals surface area contributed by atoms with Gasteiger partial charge in [0.15, 0.2) is 0 Å². The zero-order chi connectivity index (χ0) is 9.80. The van der Waals surface area contributed by atoms with Crippen molar-refractivity contribution < 1.29 is 9.53 Å². The van der Waals surface area contributed by atoms with Crippen LogP contribution in [0, 0.1) is 0 Å². The first-order valence-corrected chi connectivity index (χ1v) is 4.89. The van der Waals surface area contributed by atoms with Crippen molar-refractivity contribution in [1.82, 2.24) is 4.98 Å². The molecule has 0 aliphatic carbocycles. The fourth-order valence-electron chi connectivity index (χ4n) is 1.01. The molecule has 0 atom stereocenters. The Kier molecular flexibility index (Phi) is 2.55. The lowest BCUT2D eigenvalue weighted by Gasteiger charge is -2.00. The Balaban J connectivity index is 2.21. The lowest BCUT2D eigenvalue weighted by atomic mass is 10.2. The Morgan fingerprint density at radius 3 is 3.07 bits per heavy atom. The number of carbonyl (C=O) groups excluding carboxylic acids is 1. The molecule has 0 bridgehead atoms. The first kappa shape index (κ1) is 8.90. The van der Waals surface area contributed by atoms with Crippen molar-refractivity contribution in [2.45, 2.75) is 0 Å². The smallest absolute Gasteiger partial charge is 0.278 e. The molecular formula is C10H7NO2S. The predicted octanol–water partition coefficient (Wildman–Crippen LogP) is 2.75. The minimum Gasteiger partial charge on any atom is -0.431 e. The molecule has 2 rings (SSSR count). The van der Waals surface area contributed by atoms with Gasteiger partial charge in [-0.1, -0.05) is 23.5 Å². The summed E-state index contributed by atoms with van der Waals surface area (Å²) in [6.45, 7) is 0. The molecule has 0 radical (unpaired) electrons. The molecule has 0 saturated heterocycles. The maximum Gasteiger partial charge on any atom is 0.278 e. The molecule has 0 saturated carbocycles. The number of aromatic nitrogens is 1. The Bertz CT molecular complexity index is 425. The van der Waals surface area contributed by atoms with Gasteiger partial charge in [-0.25, -0.2) is 4.98 Å². The number of nitrogens with zero attached hydrogens (tertiary/aromatic N) is 1. The van der Waals surface area contributed by atoms with Crippen LogP contribution in [0.15, 0.2) is 35.8 Å². The van der Waals surface area contributed by atoms with Crippen molar-refractivity contribution in [3.05, 3.63) is 41.4 Å². The fourth-order valence-corrected chi connectivity index (χ4v) is 1.52. The molecular weight excluding hydrogens is 198 g/mol. The minimum atomic E-state index is 0.577. The summed E-state index contributed by atoms with van der Waals surface area (Å²) in [5.41, 5.74) is 0.596. The summed E-state index contributed by atoms with van der Waals surface area (Å²) in [5.74, 6) is 0.629. The molecule has 3 nitrogen and oxygen atoms in total. The molecule has 0 spiro atoms. The van der Waals surface area contributed by atoms with Gasteiger partial charge in [0, 0.05) is 17.1 Å². The fraction of sp³-hybridized carbons (Fsp3) is 0. The van der Waals surface area contributed by atoms with Crippen LogP contribution in [0.5, 0.6) is 10.9 Å². The Morgan fingerprint density at radius 2 is 2.36 bits per heavy atom. The molecule has 2 aromatic rings. The summed E-state index contributed by atoms with van der Waals surface area (Å²) < 4.78 is 5.41. The van der Waals surface area contributed by atoms with Crippen LogP contribution in [0.4, 0.5) is 0 Å². The Morgan fingerprint density at radius 1 is 1.43 bits per heavy atom. The molecule has 1 aromatic heterocycles. The van der Waals surface area contributed by atoms with E-state index in [1.165, 1.54) is 11.3 Å². The van der Waals surface area contributed by atoms with Gasteiger partial charge in [-0.05, 0) is 12.1 Å². The SMILES string of the molecule is O=Cc1cccc(Oc2nccs2)c1. The van der Waals surface area contributed by atoms with Gasteiger partial charge < -0.3 is 4.74 Å². The van der Waals surface area contributed by atoms with Crippen LogP contribution in [-0.4, -0.2) is 11.3 Å². The van der Waals surface area contributed by atoms with E-state index in [2.05, 4.69) is 4.98 Å². The highest BCUT2D eigenvalue weighted by Gasteiger charge is 1.99. The van der Waals surface area contributed by atoms with E-state index in [1.54, 1.807) is 30.5 Å². The molecule has 0 amide bonds. The minimum absolute atomic E-state index is 0.577. The third-order valence-electron chi connectivity index (χ3n) is 1.61. The highest BCUT2D eigenvalue weighted by atomic mass is 32.1. The highest BCUT2D eigenvalue weighted by molar-refractivity contribution is 7.11. The van der Waals surface area contributed by atoms with Gasteiger partial charge in [0.2, 0.25) is 0 Å². The largest absolute Gasteiger partial charge is 0.431 e. The zero-order valence-corrected chi connectivity index (χ0v) is 8.03. The maximum atomic E-state index is 10.5. The molecule has 0 aliphatic heterocycles. The monoisotopic (exact) mass is 205 g/mol. The van der Waals surface area contributed by atoms with Crippen molar-refractivity contribution in [3.63, 3.8) is 0 Å². The number of aldehydes is 1. The van der Waals surface area contributed by atoms with Gasteiger partial charge in [0.05, 0.1) is 0 Å². The number of carbonyl (C=O) groups is 1. The Labute approximate surface area is 85.0 Å². The molecule has 4 heteroatoms. The van der Waals surface area contributed by atoms with Crippen molar-refractivity contribution in [1.29, 1.82) is 0 Å². The van der Waals surface area contributed by atoms with Gasteiger partial charge in [0.1, 0.15) is 12.0 Å². The molecule has 0 fully saturated rings. The molecule has 14 heavy (non-hydrogen) atoms.